The molecule has 37 atom stereocenters. The first-order valence-corrected chi connectivity index (χ1v) is 33.6. The van der Waals surface area contributed by atoms with Gasteiger partial charge in [0.15, 0.2) is 37.6 Å². The quantitative estimate of drug-likeness (QED) is 0.0279. The molecule has 0 radical (unpaired) electrons. The second-order valence-corrected chi connectivity index (χ2v) is 30.9. The van der Waals surface area contributed by atoms with Gasteiger partial charge in [-0.1, -0.05) is 53.2 Å². The van der Waals surface area contributed by atoms with Crippen LogP contribution in [0.2, 0.25) is 0 Å². The Morgan fingerprint density at radius 3 is 1.76 bits per heavy atom. The molecule has 0 spiro atoms. The Morgan fingerprint density at radius 1 is 0.552 bits per heavy atom. The zero-order chi connectivity index (χ0) is 70.1. The molecule has 4 saturated carbocycles. The Balaban J connectivity index is 0.874. The lowest BCUT2D eigenvalue weighted by Gasteiger charge is -2.71. The minimum absolute atomic E-state index is 0.0794. The van der Waals surface area contributed by atoms with Crippen molar-refractivity contribution < 1.29 is 158 Å². The Morgan fingerprint density at radius 2 is 1.11 bits per heavy atom. The smallest absolute Gasteiger partial charge is 0.315 e. The van der Waals surface area contributed by atoms with E-state index in [-0.39, 0.29) is 24.2 Å². The number of aliphatic hydroxyl groups is 18. The fourth-order valence-electron chi connectivity index (χ4n) is 18.9. The Labute approximate surface area is 554 Å². The van der Waals surface area contributed by atoms with Gasteiger partial charge in [0, 0.05) is 0 Å². The van der Waals surface area contributed by atoms with Gasteiger partial charge >= 0.3 is 5.97 Å². The maximum Gasteiger partial charge on any atom is 0.315 e. The molecule has 6 aliphatic heterocycles. The van der Waals surface area contributed by atoms with E-state index in [9.17, 15) is 96.7 Å². The fraction of sp³-hybridized carbons (Fsp3) is 0.938. The molecule has 0 aromatic carbocycles. The van der Waals surface area contributed by atoms with E-state index in [2.05, 4.69) is 40.7 Å². The Kier molecular flexibility index (Phi) is 21.6. The third-order valence-corrected chi connectivity index (χ3v) is 24.9. The molecule has 5 aliphatic carbocycles. The van der Waals surface area contributed by atoms with Crippen LogP contribution in [0.4, 0.5) is 0 Å². The highest BCUT2D eigenvalue weighted by atomic mass is 16.8. The predicted molar refractivity (Wildman–Crippen MR) is 316 cm³/mol. The molecule has 0 bridgehead atoms. The summed E-state index contributed by atoms with van der Waals surface area (Å²) in [5.74, 6) is -1.95. The number of aldehydes is 1. The van der Waals surface area contributed by atoms with E-state index in [1.807, 2.05) is 0 Å². The molecule has 0 amide bonds. The number of esters is 1. The third-order valence-electron chi connectivity index (χ3n) is 24.9. The topological polar surface area (TPSA) is 509 Å². The predicted octanol–water partition coefficient (Wildman–Crippen LogP) is -5.93. The second-order valence-electron chi connectivity index (χ2n) is 30.9. The normalized spacial score (nSPS) is 55.0. The summed E-state index contributed by atoms with van der Waals surface area (Å²) in [4.78, 5) is 30.0. The van der Waals surface area contributed by atoms with Gasteiger partial charge in [0.05, 0.1) is 68.8 Å². The monoisotopic (exact) mass is 1380 g/mol. The van der Waals surface area contributed by atoms with Crippen LogP contribution in [-0.4, -0.2) is 321 Å². The van der Waals surface area contributed by atoms with Gasteiger partial charge in [-0.05, 0) is 104 Å². The molecular formula is C64H102O32. The lowest BCUT2D eigenvalue weighted by atomic mass is 9.33. The molecule has 32 heteroatoms. The molecule has 32 nitrogen and oxygen atoms in total. The summed E-state index contributed by atoms with van der Waals surface area (Å²) in [6.45, 7) is 9.18. The largest absolute Gasteiger partial charge is 0.432 e. The molecule has 6 heterocycles. The van der Waals surface area contributed by atoms with E-state index >= 15 is 4.79 Å². The van der Waals surface area contributed by atoms with Crippen molar-refractivity contribution in [1.29, 1.82) is 0 Å². The highest BCUT2D eigenvalue weighted by Crippen LogP contribution is 2.76. The average molecular weight is 1380 g/mol. The lowest BCUT2D eigenvalue weighted by Crippen LogP contribution is -2.70. The van der Waals surface area contributed by atoms with Crippen molar-refractivity contribution in [3.05, 3.63) is 11.6 Å². The number of aliphatic hydroxyl groups excluding tert-OH is 17. The summed E-state index contributed by atoms with van der Waals surface area (Å²) in [6.07, 6.45) is -42.0. The van der Waals surface area contributed by atoms with Crippen molar-refractivity contribution in [3.8, 4) is 0 Å². The van der Waals surface area contributed by atoms with Gasteiger partial charge < -0.3 is 154 Å². The average Bonchev–Trinajstić information content (AvgIpc) is 0.707. The Bertz CT molecular complexity index is 2750. The highest BCUT2D eigenvalue weighted by Gasteiger charge is 2.72. The molecular weight excluding hydrogens is 1280 g/mol. The number of carbonyl (C=O) groups is 2. The first-order valence-electron chi connectivity index (χ1n) is 33.6. The van der Waals surface area contributed by atoms with E-state index in [0.29, 0.717) is 44.9 Å². The first-order chi connectivity index (χ1) is 45.1. The second kappa shape index (κ2) is 27.7. The maximum atomic E-state index is 15.9. The van der Waals surface area contributed by atoms with Crippen LogP contribution in [0.25, 0.3) is 0 Å². The number of rotatable bonds is 17. The first kappa shape index (κ1) is 74.9. The molecule has 550 valence electrons. The van der Waals surface area contributed by atoms with Crippen LogP contribution in [0.15, 0.2) is 11.6 Å². The van der Waals surface area contributed by atoms with Crippen LogP contribution in [0.5, 0.6) is 0 Å². The molecule has 18 N–H and O–H groups in total. The van der Waals surface area contributed by atoms with E-state index in [1.54, 1.807) is 6.92 Å². The van der Waals surface area contributed by atoms with E-state index in [1.165, 1.54) is 6.92 Å². The van der Waals surface area contributed by atoms with Crippen molar-refractivity contribution in [1.82, 2.24) is 0 Å². The van der Waals surface area contributed by atoms with Gasteiger partial charge in [-0.15, -0.1) is 0 Å². The van der Waals surface area contributed by atoms with Gasteiger partial charge in [-0.25, -0.2) is 0 Å². The summed E-state index contributed by atoms with van der Waals surface area (Å²) in [7, 11) is 0. The minimum Gasteiger partial charge on any atom is -0.432 e. The zero-order valence-corrected chi connectivity index (χ0v) is 54.9. The lowest BCUT2D eigenvalue weighted by molar-refractivity contribution is -0.384. The molecule has 10 fully saturated rings. The van der Waals surface area contributed by atoms with Crippen LogP contribution in [-0.2, 0) is 66.4 Å². The summed E-state index contributed by atoms with van der Waals surface area (Å²) < 4.78 is 72.4. The highest BCUT2D eigenvalue weighted by molar-refractivity contribution is 5.79. The molecule has 96 heavy (non-hydrogen) atoms. The SMILES string of the molecule is CC1OC(OC2C(OC(=O)C34CCC(C)(C)CC3C3=CCC5C6(C)CC(O)C(OC7OC(CO)C(O)C(O)C7OC7OC(CO)C(O)C(O)C7O)C(C)(C=O)C6CCC5(C)C3(C)CC4)OC(CO)C(O)C2OC2OCC(O)(CO)C2O)C(O)C(O)C1OC1OCC(O)C(O)C1O. The van der Waals surface area contributed by atoms with Crippen molar-refractivity contribution >= 4 is 12.3 Å². The van der Waals surface area contributed by atoms with E-state index in [0.717, 1.165) is 11.9 Å². The van der Waals surface area contributed by atoms with Crippen molar-refractivity contribution in [2.24, 2.45) is 50.2 Å². The summed E-state index contributed by atoms with van der Waals surface area (Å²) >= 11 is 0. The van der Waals surface area contributed by atoms with E-state index < -0.39 is 262 Å². The molecule has 0 aromatic rings. The van der Waals surface area contributed by atoms with Crippen LogP contribution < -0.4 is 0 Å². The van der Waals surface area contributed by atoms with Gasteiger partial charge in [0.25, 0.3) is 0 Å². The van der Waals surface area contributed by atoms with Crippen molar-refractivity contribution in [3.63, 3.8) is 0 Å². The number of hydrogen-bond donors (Lipinski definition) is 18. The van der Waals surface area contributed by atoms with Gasteiger partial charge in [0.1, 0.15) is 122 Å². The van der Waals surface area contributed by atoms with Crippen LogP contribution in [0.1, 0.15) is 106 Å². The minimum atomic E-state index is -2.24. The number of carbonyl (C=O) groups excluding carboxylic acids is 2. The van der Waals surface area contributed by atoms with E-state index in [4.69, 9.17) is 56.8 Å². The van der Waals surface area contributed by atoms with Gasteiger partial charge in [-0.3, -0.25) is 4.79 Å². The number of ether oxygens (including phenoxy) is 12. The third kappa shape index (κ3) is 12.4. The van der Waals surface area contributed by atoms with Crippen LogP contribution >= 0.6 is 0 Å². The molecule has 11 aliphatic rings. The number of allylic oxidation sites excluding steroid dienone is 2. The standard InChI is InChI=1S/C64H102O32/c1-25-45(91-51-42(79)35(72)29(71)21-85-51)41(78)44(81)52(87-25)94-48-46(92-56-49(82)64(84,23-69)24-86-56)38(75)32(20-67)90-55(48)96-57(83)63-14-12-58(2,3)16-27(63)26-8-9-34-59(4)17-28(70)50(60(5,22-68)33(59)10-11-62(34,7)61(26,6)13-15-63)95-54-47(40(77)37(74)31(19-66)89-54)93-53-43(80)39(76)36(73)30(18-65)88-53/h8,22,25,27-56,65-67,69-82,84H,9-21,23-24H2,1-7H3. The summed E-state index contributed by atoms with van der Waals surface area (Å²) in [5.41, 5.74) is -6.36. The zero-order valence-electron chi connectivity index (χ0n) is 54.9. The number of hydrogen-bond acceptors (Lipinski definition) is 32. The Hall–Kier alpha value is -2.28. The van der Waals surface area contributed by atoms with Crippen molar-refractivity contribution in [2.75, 3.05) is 39.6 Å². The van der Waals surface area contributed by atoms with Crippen molar-refractivity contribution in [2.45, 2.75) is 284 Å². The summed E-state index contributed by atoms with van der Waals surface area (Å²) in [6, 6.07) is 0. The van der Waals surface area contributed by atoms with Crippen LogP contribution in [0.3, 0.4) is 0 Å². The molecule has 37 unspecified atom stereocenters. The number of fused-ring (bicyclic) bond motifs is 7. The summed E-state index contributed by atoms with van der Waals surface area (Å²) in [5, 5.41) is 197. The van der Waals surface area contributed by atoms with Crippen LogP contribution in [0, 0.1) is 50.2 Å². The van der Waals surface area contributed by atoms with Gasteiger partial charge in [0.2, 0.25) is 6.29 Å². The molecule has 11 rings (SSSR count). The van der Waals surface area contributed by atoms with Gasteiger partial charge in [-0.2, -0.15) is 0 Å². The fourth-order valence-corrected chi connectivity index (χ4v) is 18.9. The molecule has 6 saturated heterocycles. The maximum absolute atomic E-state index is 15.9. The molecule has 0 aromatic heterocycles.